The van der Waals surface area contributed by atoms with Crippen molar-refractivity contribution < 1.29 is 22.8 Å². The normalized spacial score (nSPS) is 15.7. The molecule has 1 aliphatic rings. The molecule has 128 valence electrons. The number of nitrogens with two attached hydrogens (primary N) is 1. The Kier molecular flexibility index (Phi) is 4.64. The second kappa shape index (κ2) is 6.86. The van der Waals surface area contributed by atoms with Crippen molar-refractivity contribution in [3.63, 3.8) is 0 Å². The van der Waals surface area contributed by atoms with Gasteiger partial charge in [0.2, 0.25) is 5.88 Å². The van der Waals surface area contributed by atoms with Crippen LogP contribution in [0.1, 0.15) is 34.8 Å². The minimum atomic E-state index is -2.88. The number of hydrogen-bond donors (Lipinski definition) is 1. The lowest BCUT2D eigenvalue weighted by molar-refractivity contribution is -0.0498. The summed E-state index contributed by atoms with van der Waals surface area (Å²) < 4.78 is 33.4. The number of nitrogen functional groups attached to an aromatic ring is 1. The maximum absolute atomic E-state index is 12.5. The summed E-state index contributed by atoms with van der Waals surface area (Å²) in [6.45, 7) is -1.70. The molecular formula is C16H17F2N3O3. The van der Waals surface area contributed by atoms with Crippen LogP contribution in [-0.2, 0) is 0 Å². The lowest BCUT2D eigenvalue weighted by Gasteiger charge is -2.31. The van der Waals surface area contributed by atoms with Crippen LogP contribution in [0.2, 0.25) is 0 Å². The number of halogens is 2. The smallest absolute Gasteiger partial charge is 0.387 e. The van der Waals surface area contributed by atoms with Crippen molar-refractivity contribution >= 4 is 11.8 Å². The van der Waals surface area contributed by atoms with Crippen LogP contribution in [0.25, 0.3) is 0 Å². The van der Waals surface area contributed by atoms with Crippen molar-refractivity contribution in [3.05, 3.63) is 41.6 Å². The minimum absolute atomic E-state index is 0.0314. The topological polar surface area (TPSA) is 81.6 Å². The molecule has 3 rings (SSSR count). The maximum Gasteiger partial charge on any atom is 0.387 e. The first-order chi connectivity index (χ1) is 11.5. The predicted octanol–water partition coefficient (Wildman–Crippen LogP) is 2.88. The molecule has 24 heavy (non-hydrogen) atoms. The molecule has 2 N–H and O–H groups in total. The molecule has 2 heterocycles. The van der Waals surface area contributed by atoms with Gasteiger partial charge in [-0.15, -0.1) is 0 Å². The van der Waals surface area contributed by atoms with Gasteiger partial charge in [0.25, 0.3) is 5.91 Å². The van der Waals surface area contributed by atoms with E-state index in [2.05, 4.69) is 9.89 Å². The molecule has 8 heteroatoms. The van der Waals surface area contributed by atoms with E-state index in [1.54, 1.807) is 11.0 Å². The highest BCUT2D eigenvalue weighted by atomic mass is 19.3. The number of hydrogen-bond acceptors (Lipinski definition) is 5. The van der Waals surface area contributed by atoms with E-state index in [1.807, 2.05) is 0 Å². The van der Waals surface area contributed by atoms with Crippen LogP contribution in [0, 0.1) is 0 Å². The number of carbonyl (C=O) groups is 1. The molecule has 2 aromatic rings. The van der Waals surface area contributed by atoms with Gasteiger partial charge in [-0.3, -0.25) is 4.79 Å². The van der Waals surface area contributed by atoms with Gasteiger partial charge in [-0.25, -0.2) is 0 Å². The van der Waals surface area contributed by atoms with Crippen molar-refractivity contribution in [2.24, 2.45) is 0 Å². The molecule has 0 radical (unpaired) electrons. The number of rotatable bonds is 4. The van der Waals surface area contributed by atoms with Crippen LogP contribution in [0.3, 0.4) is 0 Å². The molecular weight excluding hydrogens is 320 g/mol. The van der Waals surface area contributed by atoms with Gasteiger partial charge in [-0.05, 0) is 37.1 Å². The minimum Gasteiger partial charge on any atom is -0.435 e. The fraction of sp³-hybridized carbons (Fsp3) is 0.375. The second-order valence-corrected chi connectivity index (χ2v) is 5.62. The van der Waals surface area contributed by atoms with Gasteiger partial charge >= 0.3 is 6.61 Å². The largest absolute Gasteiger partial charge is 0.435 e. The number of piperidine rings is 1. The van der Waals surface area contributed by atoms with Crippen molar-refractivity contribution in [3.8, 4) is 5.75 Å². The van der Waals surface area contributed by atoms with Gasteiger partial charge in [0.05, 0.1) is 5.69 Å². The SMILES string of the molecule is Nc1cc(C2CCN(C(=O)c3ccc(OC(F)F)cc3)CC2)no1. The molecule has 1 aromatic carbocycles. The van der Waals surface area contributed by atoms with E-state index in [0.717, 1.165) is 18.5 Å². The number of alkyl halides is 2. The zero-order chi connectivity index (χ0) is 17.1. The summed E-state index contributed by atoms with van der Waals surface area (Å²) in [4.78, 5) is 14.2. The summed E-state index contributed by atoms with van der Waals surface area (Å²) in [5, 5.41) is 3.92. The zero-order valence-electron chi connectivity index (χ0n) is 12.8. The summed E-state index contributed by atoms with van der Waals surface area (Å²) in [5.74, 6) is 0.409. The Morgan fingerprint density at radius 3 is 2.50 bits per heavy atom. The highest BCUT2D eigenvalue weighted by Crippen LogP contribution is 2.29. The third-order valence-corrected chi connectivity index (χ3v) is 4.07. The zero-order valence-corrected chi connectivity index (χ0v) is 12.8. The summed E-state index contributed by atoms with van der Waals surface area (Å²) in [5.41, 5.74) is 6.79. The average Bonchev–Trinajstić information content (AvgIpc) is 3.01. The summed E-state index contributed by atoms with van der Waals surface area (Å²) >= 11 is 0. The van der Waals surface area contributed by atoms with Gasteiger partial charge in [0, 0.05) is 30.6 Å². The van der Waals surface area contributed by atoms with E-state index >= 15 is 0 Å². The Labute approximate surface area is 137 Å². The van der Waals surface area contributed by atoms with Gasteiger partial charge in [-0.1, -0.05) is 5.16 Å². The van der Waals surface area contributed by atoms with Crippen molar-refractivity contribution in [1.29, 1.82) is 0 Å². The molecule has 0 spiro atoms. The first kappa shape index (κ1) is 16.2. The van der Waals surface area contributed by atoms with Crippen LogP contribution in [0.15, 0.2) is 34.9 Å². The number of benzene rings is 1. The molecule has 0 bridgehead atoms. The van der Waals surface area contributed by atoms with Crippen LogP contribution in [0.5, 0.6) is 5.75 Å². The first-order valence-electron chi connectivity index (χ1n) is 7.59. The molecule has 1 aromatic heterocycles. The fourth-order valence-corrected chi connectivity index (χ4v) is 2.84. The maximum atomic E-state index is 12.5. The standard InChI is InChI=1S/C16H17F2N3O3/c17-16(18)23-12-3-1-11(2-4-12)15(22)21-7-5-10(6-8-21)13-9-14(19)24-20-13/h1-4,9-10,16H,5-8,19H2. The number of anilines is 1. The highest BCUT2D eigenvalue weighted by Gasteiger charge is 2.26. The number of likely N-dealkylation sites (tertiary alicyclic amines) is 1. The Bertz CT molecular complexity index is 695. The molecule has 6 nitrogen and oxygen atoms in total. The van der Waals surface area contributed by atoms with E-state index in [1.165, 1.54) is 24.3 Å². The molecule has 1 saturated heterocycles. The summed E-state index contributed by atoms with van der Waals surface area (Å²) in [6, 6.07) is 7.42. The third-order valence-electron chi connectivity index (χ3n) is 4.07. The molecule has 0 saturated carbocycles. The fourth-order valence-electron chi connectivity index (χ4n) is 2.84. The van der Waals surface area contributed by atoms with Crippen LogP contribution >= 0.6 is 0 Å². The number of aromatic nitrogens is 1. The molecule has 0 unspecified atom stereocenters. The average molecular weight is 337 g/mol. The Balaban J connectivity index is 1.58. The summed E-state index contributed by atoms with van der Waals surface area (Å²) in [6.07, 6.45) is 1.54. The van der Waals surface area contributed by atoms with Crippen LogP contribution in [-0.4, -0.2) is 35.7 Å². The first-order valence-corrected chi connectivity index (χ1v) is 7.59. The lowest BCUT2D eigenvalue weighted by Crippen LogP contribution is -2.37. The van der Waals surface area contributed by atoms with Gasteiger partial charge in [-0.2, -0.15) is 8.78 Å². The second-order valence-electron chi connectivity index (χ2n) is 5.62. The van der Waals surface area contributed by atoms with Crippen molar-refractivity contribution in [2.75, 3.05) is 18.8 Å². The van der Waals surface area contributed by atoms with E-state index < -0.39 is 6.61 Å². The number of ether oxygens (including phenoxy) is 1. The predicted molar refractivity (Wildman–Crippen MR) is 81.9 cm³/mol. The van der Waals surface area contributed by atoms with Crippen molar-refractivity contribution in [1.82, 2.24) is 10.1 Å². The molecule has 1 aliphatic heterocycles. The van der Waals surface area contributed by atoms with Gasteiger partial charge in [0.1, 0.15) is 5.75 Å². The molecule has 0 aliphatic carbocycles. The molecule has 1 fully saturated rings. The number of carbonyl (C=O) groups excluding carboxylic acids is 1. The monoisotopic (exact) mass is 337 g/mol. The van der Waals surface area contributed by atoms with Gasteiger partial charge in [0.15, 0.2) is 0 Å². The molecule has 1 amide bonds. The molecule has 0 atom stereocenters. The van der Waals surface area contributed by atoms with E-state index in [-0.39, 0.29) is 23.5 Å². The Morgan fingerprint density at radius 1 is 1.29 bits per heavy atom. The van der Waals surface area contributed by atoms with E-state index in [9.17, 15) is 13.6 Å². The Morgan fingerprint density at radius 2 is 1.96 bits per heavy atom. The third kappa shape index (κ3) is 3.64. The Hall–Kier alpha value is -2.64. The van der Waals surface area contributed by atoms with E-state index in [0.29, 0.717) is 18.7 Å². The highest BCUT2D eigenvalue weighted by molar-refractivity contribution is 5.94. The summed E-state index contributed by atoms with van der Waals surface area (Å²) in [7, 11) is 0. The van der Waals surface area contributed by atoms with E-state index in [4.69, 9.17) is 10.3 Å². The van der Waals surface area contributed by atoms with Crippen LogP contribution in [0.4, 0.5) is 14.7 Å². The van der Waals surface area contributed by atoms with Crippen LogP contribution < -0.4 is 10.5 Å². The quantitative estimate of drug-likeness (QED) is 0.928. The number of amides is 1. The van der Waals surface area contributed by atoms with Gasteiger partial charge < -0.3 is 19.9 Å². The van der Waals surface area contributed by atoms with Crippen molar-refractivity contribution in [2.45, 2.75) is 25.4 Å². The number of nitrogens with zero attached hydrogens (tertiary/aromatic N) is 2. The lowest BCUT2D eigenvalue weighted by atomic mass is 9.93.